The Hall–Kier alpha value is -1.58. The number of nitrogens with one attached hydrogen (secondary N) is 1. The molecule has 0 atom stereocenters. The molecule has 5 heteroatoms. The molecule has 0 aliphatic carbocycles. The summed E-state index contributed by atoms with van der Waals surface area (Å²) in [5, 5.41) is 3.18. The van der Waals surface area contributed by atoms with E-state index in [0.717, 1.165) is 0 Å². The van der Waals surface area contributed by atoms with Crippen LogP contribution in [0.25, 0.3) is 0 Å². The fourth-order valence-corrected chi connectivity index (χ4v) is 2.02. The van der Waals surface area contributed by atoms with E-state index in [2.05, 4.69) is 5.32 Å². The van der Waals surface area contributed by atoms with Gasteiger partial charge in [-0.1, -0.05) is 29.3 Å². The first-order chi connectivity index (χ1) is 8.99. The lowest BCUT2D eigenvalue weighted by molar-refractivity contribution is 0.102. The number of halogens is 3. The Bertz CT molecular complexity index is 643. The fourth-order valence-electron chi connectivity index (χ4n) is 1.64. The van der Waals surface area contributed by atoms with Crippen LogP contribution in [0.15, 0.2) is 36.4 Å². The van der Waals surface area contributed by atoms with Gasteiger partial charge in [-0.15, -0.1) is 0 Å². The van der Waals surface area contributed by atoms with Gasteiger partial charge in [0.25, 0.3) is 5.91 Å². The van der Waals surface area contributed by atoms with Gasteiger partial charge in [-0.25, -0.2) is 4.39 Å². The van der Waals surface area contributed by atoms with Crippen molar-refractivity contribution >= 4 is 34.8 Å². The predicted octanol–water partition coefficient (Wildman–Crippen LogP) is 4.69. The number of carbonyl (C=O) groups is 1. The zero-order valence-electron chi connectivity index (χ0n) is 10.0. The lowest BCUT2D eigenvalue weighted by Gasteiger charge is -2.10. The van der Waals surface area contributed by atoms with E-state index in [9.17, 15) is 9.18 Å². The summed E-state index contributed by atoms with van der Waals surface area (Å²) in [5.41, 5.74) is 1.44. The second-order valence-electron chi connectivity index (χ2n) is 4.01. The number of carbonyl (C=O) groups excluding carboxylic acids is 1. The first-order valence-electron chi connectivity index (χ1n) is 5.50. The highest BCUT2D eigenvalue weighted by Crippen LogP contribution is 2.26. The van der Waals surface area contributed by atoms with Gasteiger partial charge in [0.2, 0.25) is 0 Å². The van der Waals surface area contributed by atoms with Gasteiger partial charge in [0.15, 0.2) is 0 Å². The van der Waals surface area contributed by atoms with E-state index in [1.165, 1.54) is 18.2 Å². The lowest BCUT2D eigenvalue weighted by Crippen LogP contribution is -2.13. The second kappa shape index (κ2) is 5.59. The third kappa shape index (κ3) is 3.06. The van der Waals surface area contributed by atoms with Gasteiger partial charge in [0.05, 0.1) is 15.6 Å². The van der Waals surface area contributed by atoms with Gasteiger partial charge in [0, 0.05) is 5.69 Å². The SMILES string of the molecule is Cc1cc(F)ccc1NC(=O)c1cccc(Cl)c1Cl. The van der Waals surface area contributed by atoms with Crippen molar-refractivity contribution in [1.29, 1.82) is 0 Å². The van der Waals surface area contributed by atoms with Crippen LogP contribution < -0.4 is 5.32 Å². The Morgan fingerprint density at radius 3 is 2.63 bits per heavy atom. The summed E-state index contributed by atoms with van der Waals surface area (Å²) in [4.78, 5) is 12.1. The van der Waals surface area contributed by atoms with Crippen LogP contribution in [-0.2, 0) is 0 Å². The minimum Gasteiger partial charge on any atom is -0.322 e. The zero-order valence-corrected chi connectivity index (χ0v) is 11.5. The maximum atomic E-state index is 13.0. The van der Waals surface area contributed by atoms with Crippen LogP contribution in [0.1, 0.15) is 15.9 Å². The van der Waals surface area contributed by atoms with E-state index in [1.54, 1.807) is 25.1 Å². The number of benzene rings is 2. The molecular formula is C14H10Cl2FNO. The number of aryl methyl sites for hydroxylation is 1. The Morgan fingerprint density at radius 2 is 1.95 bits per heavy atom. The Morgan fingerprint density at radius 1 is 1.21 bits per heavy atom. The zero-order chi connectivity index (χ0) is 14.0. The van der Waals surface area contributed by atoms with E-state index >= 15 is 0 Å². The van der Waals surface area contributed by atoms with Crippen molar-refractivity contribution in [3.8, 4) is 0 Å². The third-order valence-electron chi connectivity index (χ3n) is 2.63. The average Bonchev–Trinajstić information content (AvgIpc) is 2.36. The Balaban J connectivity index is 2.28. The maximum absolute atomic E-state index is 13.0. The molecule has 0 heterocycles. The number of hydrogen-bond acceptors (Lipinski definition) is 1. The van der Waals surface area contributed by atoms with Gasteiger partial charge in [-0.3, -0.25) is 4.79 Å². The standard InChI is InChI=1S/C14H10Cl2FNO/c1-8-7-9(17)5-6-12(8)18-14(19)10-3-2-4-11(15)13(10)16/h2-7H,1H3,(H,18,19). The fraction of sp³-hybridized carbons (Fsp3) is 0.0714. The highest BCUT2D eigenvalue weighted by Gasteiger charge is 2.13. The number of rotatable bonds is 2. The summed E-state index contributed by atoms with van der Waals surface area (Å²) in [7, 11) is 0. The van der Waals surface area contributed by atoms with Crippen LogP contribution in [0.3, 0.4) is 0 Å². The number of anilines is 1. The van der Waals surface area contributed by atoms with Crippen molar-refractivity contribution < 1.29 is 9.18 Å². The van der Waals surface area contributed by atoms with Crippen LogP contribution in [0, 0.1) is 12.7 Å². The smallest absolute Gasteiger partial charge is 0.257 e. The molecule has 0 saturated heterocycles. The molecule has 0 fully saturated rings. The molecule has 1 N–H and O–H groups in total. The van der Waals surface area contributed by atoms with Gasteiger partial charge >= 0.3 is 0 Å². The molecule has 19 heavy (non-hydrogen) atoms. The molecule has 2 aromatic rings. The summed E-state index contributed by atoms with van der Waals surface area (Å²) < 4.78 is 13.0. The van der Waals surface area contributed by atoms with E-state index < -0.39 is 0 Å². The Kier molecular flexibility index (Phi) is 4.08. The summed E-state index contributed by atoms with van der Waals surface area (Å²) in [5.74, 6) is -0.738. The first kappa shape index (κ1) is 13.8. The molecule has 1 amide bonds. The van der Waals surface area contributed by atoms with E-state index in [-0.39, 0.29) is 22.3 Å². The molecule has 0 aliphatic rings. The molecule has 0 radical (unpaired) electrons. The molecular weight excluding hydrogens is 288 g/mol. The molecule has 2 aromatic carbocycles. The summed E-state index contributed by atoms with van der Waals surface area (Å²) >= 11 is 11.8. The molecule has 0 bridgehead atoms. The highest BCUT2D eigenvalue weighted by atomic mass is 35.5. The van der Waals surface area contributed by atoms with E-state index in [1.807, 2.05) is 0 Å². The van der Waals surface area contributed by atoms with E-state index in [4.69, 9.17) is 23.2 Å². The number of hydrogen-bond donors (Lipinski definition) is 1. The predicted molar refractivity (Wildman–Crippen MR) is 75.6 cm³/mol. The monoisotopic (exact) mass is 297 g/mol. The normalized spacial score (nSPS) is 10.3. The maximum Gasteiger partial charge on any atom is 0.257 e. The molecule has 2 rings (SSSR count). The third-order valence-corrected chi connectivity index (χ3v) is 3.45. The molecule has 2 nitrogen and oxygen atoms in total. The minimum atomic E-state index is -0.387. The topological polar surface area (TPSA) is 29.1 Å². The first-order valence-corrected chi connectivity index (χ1v) is 6.26. The van der Waals surface area contributed by atoms with Gasteiger partial charge in [0.1, 0.15) is 5.82 Å². The second-order valence-corrected chi connectivity index (χ2v) is 4.80. The van der Waals surface area contributed by atoms with Crippen molar-refractivity contribution in [2.75, 3.05) is 5.32 Å². The molecule has 0 unspecified atom stereocenters. The van der Waals surface area contributed by atoms with Gasteiger partial charge < -0.3 is 5.32 Å². The van der Waals surface area contributed by atoms with Gasteiger partial charge in [-0.05, 0) is 42.8 Å². The summed E-state index contributed by atoms with van der Waals surface area (Å²) in [6.45, 7) is 1.71. The van der Waals surface area contributed by atoms with Crippen molar-refractivity contribution in [2.45, 2.75) is 6.92 Å². The van der Waals surface area contributed by atoms with Crippen LogP contribution in [0.5, 0.6) is 0 Å². The Labute approximate surface area is 120 Å². The summed E-state index contributed by atoms with van der Waals surface area (Å²) in [6.07, 6.45) is 0. The minimum absolute atomic E-state index is 0.196. The van der Waals surface area contributed by atoms with Crippen LogP contribution in [0.2, 0.25) is 10.0 Å². The highest BCUT2D eigenvalue weighted by molar-refractivity contribution is 6.44. The van der Waals surface area contributed by atoms with Crippen molar-refractivity contribution in [3.63, 3.8) is 0 Å². The average molecular weight is 298 g/mol. The molecule has 0 spiro atoms. The lowest BCUT2D eigenvalue weighted by atomic mass is 10.1. The number of amides is 1. The van der Waals surface area contributed by atoms with E-state index in [0.29, 0.717) is 16.3 Å². The van der Waals surface area contributed by atoms with Gasteiger partial charge in [-0.2, -0.15) is 0 Å². The van der Waals surface area contributed by atoms with Crippen molar-refractivity contribution in [2.24, 2.45) is 0 Å². The summed E-state index contributed by atoms with van der Waals surface area (Å²) in [6, 6.07) is 8.94. The molecule has 0 saturated carbocycles. The molecule has 0 aliphatic heterocycles. The van der Waals surface area contributed by atoms with Crippen LogP contribution in [-0.4, -0.2) is 5.91 Å². The van der Waals surface area contributed by atoms with Crippen LogP contribution >= 0.6 is 23.2 Å². The molecule has 98 valence electrons. The molecule has 0 aromatic heterocycles. The largest absolute Gasteiger partial charge is 0.322 e. The van der Waals surface area contributed by atoms with Crippen LogP contribution in [0.4, 0.5) is 10.1 Å². The quantitative estimate of drug-likeness (QED) is 0.856. The van der Waals surface area contributed by atoms with Crippen molar-refractivity contribution in [1.82, 2.24) is 0 Å². The van der Waals surface area contributed by atoms with Crippen molar-refractivity contribution in [3.05, 3.63) is 63.4 Å².